The molecule has 0 spiro atoms. The molecule has 3 aromatic heterocycles. The summed E-state index contributed by atoms with van der Waals surface area (Å²) in [6, 6.07) is 16.0. The van der Waals surface area contributed by atoms with Crippen molar-refractivity contribution >= 4 is 34.3 Å². The van der Waals surface area contributed by atoms with Crippen molar-refractivity contribution in [3.05, 3.63) is 84.1 Å². The molecule has 5 rings (SSSR count). The molecular formula is C22H13ClN4O3. The van der Waals surface area contributed by atoms with Gasteiger partial charge in [-0.2, -0.15) is 0 Å². The molecule has 3 heterocycles. The van der Waals surface area contributed by atoms with Gasteiger partial charge in [-0.05, 0) is 42.5 Å². The third-order valence-corrected chi connectivity index (χ3v) is 4.78. The Bertz CT molecular complexity index is 1360. The number of fused-ring (bicyclic) bond motifs is 1. The van der Waals surface area contributed by atoms with Crippen LogP contribution in [0.2, 0.25) is 5.02 Å². The number of benzene rings is 2. The van der Waals surface area contributed by atoms with E-state index < -0.39 is 5.91 Å². The summed E-state index contributed by atoms with van der Waals surface area (Å²) in [5, 5.41) is 3.28. The highest BCUT2D eigenvalue weighted by Crippen LogP contribution is 2.31. The molecule has 0 radical (unpaired) electrons. The average Bonchev–Trinajstić information content (AvgIpc) is 3.42. The Labute approximate surface area is 175 Å². The zero-order chi connectivity index (χ0) is 20.5. The van der Waals surface area contributed by atoms with Crippen molar-refractivity contribution in [2.75, 3.05) is 5.32 Å². The van der Waals surface area contributed by atoms with Crippen LogP contribution in [0.5, 0.6) is 0 Å². The lowest BCUT2D eigenvalue weighted by atomic mass is 10.1. The Hall–Kier alpha value is -3.97. The minimum Gasteiger partial charge on any atom is -0.443 e. The van der Waals surface area contributed by atoms with Crippen LogP contribution in [0.25, 0.3) is 33.9 Å². The standard InChI is InChI=1S/C22H13ClN4O3/c23-16-6-2-1-5-15(16)20-19(25-12-29-20)21(28)26-14-7-8-18-17(10-14)27-22(30-18)13-4-3-9-24-11-13/h1-12H,(H,26,28). The summed E-state index contributed by atoms with van der Waals surface area (Å²) in [6.07, 6.45) is 4.57. The van der Waals surface area contributed by atoms with Crippen LogP contribution < -0.4 is 5.32 Å². The zero-order valence-electron chi connectivity index (χ0n) is 15.4. The predicted molar refractivity (Wildman–Crippen MR) is 112 cm³/mol. The molecule has 0 saturated carbocycles. The van der Waals surface area contributed by atoms with Crippen LogP contribution in [0, 0.1) is 0 Å². The number of oxazole rings is 2. The predicted octanol–water partition coefficient (Wildman–Crippen LogP) is 5.45. The topological polar surface area (TPSA) is 94.1 Å². The lowest BCUT2D eigenvalue weighted by Gasteiger charge is -2.05. The van der Waals surface area contributed by atoms with Gasteiger partial charge in [0.2, 0.25) is 5.89 Å². The van der Waals surface area contributed by atoms with Crippen LogP contribution >= 0.6 is 11.6 Å². The first kappa shape index (κ1) is 18.1. The molecule has 30 heavy (non-hydrogen) atoms. The third kappa shape index (κ3) is 3.31. The summed E-state index contributed by atoms with van der Waals surface area (Å²) >= 11 is 6.23. The number of hydrogen-bond donors (Lipinski definition) is 1. The Morgan fingerprint density at radius 1 is 1.07 bits per heavy atom. The van der Waals surface area contributed by atoms with E-state index in [1.807, 2.05) is 18.2 Å². The van der Waals surface area contributed by atoms with Gasteiger partial charge in [-0.1, -0.05) is 23.7 Å². The smallest absolute Gasteiger partial charge is 0.278 e. The van der Waals surface area contributed by atoms with Gasteiger partial charge >= 0.3 is 0 Å². The van der Waals surface area contributed by atoms with E-state index in [-0.39, 0.29) is 5.69 Å². The Balaban J connectivity index is 1.43. The van der Waals surface area contributed by atoms with Crippen molar-refractivity contribution in [1.29, 1.82) is 0 Å². The van der Waals surface area contributed by atoms with Gasteiger partial charge in [0.05, 0.1) is 10.6 Å². The summed E-state index contributed by atoms with van der Waals surface area (Å²) in [6.45, 7) is 0. The van der Waals surface area contributed by atoms with Crippen LogP contribution in [0.3, 0.4) is 0 Å². The molecule has 0 aliphatic carbocycles. The lowest BCUT2D eigenvalue weighted by molar-refractivity contribution is 0.102. The van der Waals surface area contributed by atoms with Crippen molar-refractivity contribution in [2.45, 2.75) is 0 Å². The van der Waals surface area contributed by atoms with E-state index in [1.165, 1.54) is 6.39 Å². The molecular weight excluding hydrogens is 404 g/mol. The largest absolute Gasteiger partial charge is 0.443 e. The molecule has 1 N–H and O–H groups in total. The fourth-order valence-electron chi connectivity index (χ4n) is 3.05. The Morgan fingerprint density at radius 3 is 2.80 bits per heavy atom. The van der Waals surface area contributed by atoms with Crippen LogP contribution in [0.4, 0.5) is 5.69 Å². The van der Waals surface area contributed by atoms with E-state index in [0.717, 1.165) is 5.56 Å². The molecule has 7 nitrogen and oxygen atoms in total. The molecule has 8 heteroatoms. The summed E-state index contributed by atoms with van der Waals surface area (Å²) in [5.41, 5.74) is 3.26. The average molecular weight is 417 g/mol. The van der Waals surface area contributed by atoms with E-state index in [2.05, 4.69) is 20.3 Å². The normalized spacial score (nSPS) is 11.0. The molecule has 0 fully saturated rings. The van der Waals surface area contributed by atoms with E-state index in [9.17, 15) is 4.79 Å². The van der Waals surface area contributed by atoms with Gasteiger partial charge in [0.25, 0.3) is 5.91 Å². The maximum Gasteiger partial charge on any atom is 0.278 e. The number of halogens is 1. The van der Waals surface area contributed by atoms with Crippen molar-refractivity contribution < 1.29 is 13.6 Å². The first-order valence-electron chi connectivity index (χ1n) is 9.00. The summed E-state index contributed by atoms with van der Waals surface area (Å²) in [7, 11) is 0. The fourth-order valence-corrected chi connectivity index (χ4v) is 3.27. The number of amides is 1. The van der Waals surface area contributed by atoms with Crippen LogP contribution in [0.15, 0.2) is 82.2 Å². The van der Waals surface area contributed by atoms with E-state index in [0.29, 0.717) is 39.0 Å². The number of rotatable bonds is 4. The number of anilines is 1. The first-order valence-corrected chi connectivity index (χ1v) is 9.37. The summed E-state index contributed by atoms with van der Waals surface area (Å²) < 4.78 is 11.2. The third-order valence-electron chi connectivity index (χ3n) is 4.45. The monoisotopic (exact) mass is 416 g/mol. The highest BCUT2D eigenvalue weighted by molar-refractivity contribution is 6.33. The fraction of sp³-hybridized carbons (Fsp3) is 0. The van der Waals surface area contributed by atoms with Crippen LogP contribution in [-0.2, 0) is 0 Å². The van der Waals surface area contributed by atoms with Gasteiger partial charge in [-0.3, -0.25) is 9.78 Å². The first-order chi connectivity index (χ1) is 14.7. The van der Waals surface area contributed by atoms with Gasteiger partial charge in [0.15, 0.2) is 23.4 Å². The van der Waals surface area contributed by atoms with Gasteiger partial charge < -0.3 is 14.2 Å². The molecule has 0 aliphatic heterocycles. The van der Waals surface area contributed by atoms with E-state index in [1.54, 1.807) is 48.8 Å². The molecule has 0 bridgehead atoms. The SMILES string of the molecule is O=C(Nc1ccc2oc(-c3cccnc3)nc2c1)c1ncoc1-c1ccccc1Cl. The van der Waals surface area contributed by atoms with Crippen LogP contribution in [0.1, 0.15) is 10.5 Å². The van der Waals surface area contributed by atoms with E-state index in [4.69, 9.17) is 20.4 Å². The highest BCUT2D eigenvalue weighted by Gasteiger charge is 2.20. The number of nitrogens with zero attached hydrogens (tertiary/aromatic N) is 3. The van der Waals surface area contributed by atoms with Gasteiger partial charge in [-0.15, -0.1) is 0 Å². The number of carbonyl (C=O) groups is 1. The number of pyridine rings is 1. The second kappa shape index (κ2) is 7.46. The Kier molecular flexibility index (Phi) is 4.49. The van der Waals surface area contributed by atoms with E-state index >= 15 is 0 Å². The number of nitrogens with one attached hydrogen (secondary N) is 1. The van der Waals surface area contributed by atoms with Crippen molar-refractivity contribution in [1.82, 2.24) is 15.0 Å². The van der Waals surface area contributed by atoms with Crippen LogP contribution in [-0.4, -0.2) is 20.9 Å². The lowest BCUT2D eigenvalue weighted by Crippen LogP contribution is -2.13. The molecule has 0 aliphatic rings. The van der Waals surface area contributed by atoms with Crippen molar-refractivity contribution in [2.24, 2.45) is 0 Å². The number of hydrogen-bond acceptors (Lipinski definition) is 6. The molecule has 0 atom stereocenters. The number of aromatic nitrogens is 3. The molecule has 1 amide bonds. The highest BCUT2D eigenvalue weighted by atomic mass is 35.5. The zero-order valence-corrected chi connectivity index (χ0v) is 16.1. The van der Waals surface area contributed by atoms with Gasteiger partial charge in [0.1, 0.15) is 5.52 Å². The Morgan fingerprint density at radius 2 is 1.97 bits per heavy atom. The maximum atomic E-state index is 12.8. The molecule has 5 aromatic rings. The molecule has 146 valence electrons. The molecule has 2 aromatic carbocycles. The molecule has 0 saturated heterocycles. The van der Waals surface area contributed by atoms with Gasteiger partial charge in [-0.25, -0.2) is 9.97 Å². The summed E-state index contributed by atoms with van der Waals surface area (Å²) in [5.74, 6) is 0.340. The minimum atomic E-state index is -0.422. The number of carbonyl (C=O) groups excluding carboxylic acids is 1. The second-order valence-electron chi connectivity index (χ2n) is 6.41. The quantitative estimate of drug-likeness (QED) is 0.418. The second-order valence-corrected chi connectivity index (χ2v) is 6.81. The van der Waals surface area contributed by atoms with Crippen molar-refractivity contribution in [3.63, 3.8) is 0 Å². The van der Waals surface area contributed by atoms with Gasteiger partial charge in [0, 0.05) is 23.6 Å². The van der Waals surface area contributed by atoms with Crippen molar-refractivity contribution in [3.8, 4) is 22.8 Å². The molecule has 0 unspecified atom stereocenters. The summed E-state index contributed by atoms with van der Waals surface area (Å²) in [4.78, 5) is 25.4. The minimum absolute atomic E-state index is 0.138. The maximum absolute atomic E-state index is 12.8.